The average molecular weight is 825 g/mol. The van der Waals surface area contributed by atoms with Gasteiger partial charge in [0.05, 0.1) is 37.1 Å². The number of fused-ring (bicyclic) bond motifs is 1. The minimum absolute atomic E-state index is 0.0630. The third-order valence-corrected chi connectivity index (χ3v) is 11.5. The van der Waals surface area contributed by atoms with Crippen LogP contribution in [0.25, 0.3) is 0 Å². The lowest BCUT2D eigenvalue weighted by molar-refractivity contribution is -0.140. The number of amides is 4. The van der Waals surface area contributed by atoms with Crippen LogP contribution in [0.5, 0.6) is 5.75 Å². The Labute approximate surface area is 339 Å². The summed E-state index contributed by atoms with van der Waals surface area (Å²) in [5.74, 6) is -6.64. The number of halogens is 4. The van der Waals surface area contributed by atoms with Crippen molar-refractivity contribution in [1.82, 2.24) is 30.6 Å². The minimum Gasteiger partial charge on any atom is -0.495 e. The number of hydrogen-bond donors (Lipinski definition) is 3. The van der Waals surface area contributed by atoms with Gasteiger partial charge in [-0.05, 0) is 69.0 Å². The Morgan fingerprint density at radius 3 is 2.39 bits per heavy atom. The number of methoxy groups -OCH3 is 1. The topological polar surface area (TPSA) is 156 Å². The van der Waals surface area contributed by atoms with Crippen molar-refractivity contribution in [3.05, 3.63) is 59.5 Å². The molecule has 0 spiro atoms. The number of nitrogens with one attached hydrogen (secondary N) is 3. The second-order valence-electron chi connectivity index (χ2n) is 15.8. The lowest BCUT2D eigenvalue weighted by Crippen LogP contribution is -2.56. The molecule has 0 aliphatic carbocycles. The van der Waals surface area contributed by atoms with E-state index < -0.39 is 53.6 Å². The molecule has 0 bridgehead atoms. The molecule has 1 unspecified atom stereocenters. The molecule has 2 aromatic carbocycles. The van der Waals surface area contributed by atoms with Crippen molar-refractivity contribution in [2.24, 2.45) is 0 Å². The van der Waals surface area contributed by atoms with E-state index >= 15 is 8.78 Å². The van der Waals surface area contributed by atoms with Crippen LogP contribution in [0.15, 0.2) is 42.6 Å². The summed E-state index contributed by atoms with van der Waals surface area (Å²) < 4.78 is 66.4. The number of piperidine rings is 2. The van der Waals surface area contributed by atoms with Crippen molar-refractivity contribution in [3.63, 3.8) is 0 Å². The van der Waals surface area contributed by atoms with Crippen molar-refractivity contribution in [3.8, 4) is 5.75 Å². The highest BCUT2D eigenvalue weighted by Crippen LogP contribution is 2.38. The molecule has 3 fully saturated rings. The number of anilines is 5. The van der Waals surface area contributed by atoms with E-state index in [1.54, 1.807) is 43.1 Å². The molecular weight excluding hydrogens is 776 g/mol. The Bertz CT molecular complexity index is 2110. The summed E-state index contributed by atoms with van der Waals surface area (Å²) >= 11 is 0. The number of ether oxygens (including phenoxy) is 1. The maximum atomic E-state index is 16.1. The normalized spacial score (nSPS) is 21.2. The SMILES string of the molecule is COc1cc(C(=O)NN2CCC(F)(CN3CCN(c4ccc(C5CCC(=O)NC5=O)cc4F)CC3)CC2)ccc1Nc1ncc2c(n1)N(C(C)C)CC(F)(F)C(=O)N2C. The Kier molecular flexibility index (Phi) is 11.7. The molecule has 0 radical (unpaired) electrons. The lowest BCUT2D eigenvalue weighted by atomic mass is 9.90. The molecule has 19 heteroatoms. The molecule has 4 aliphatic heterocycles. The minimum atomic E-state index is -3.63. The molecule has 4 amide bonds. The second-order valence-corrected chi connectivity index (χ2v) is 15.8. The fraction of sp³-hybridized carbons (Fsp3) is 0.500. The first-order valence-corrected chi connectivity index (χ1v) is 19.6. The summed E-state index contributed by atoms with van der Waals surface area (Å²) in [6, 6.07) is 9.04. The Hall–Kier alpha value is -5.56. The monoisotopic (exact) mass is 824 g/mol. The first-order chi connectivity index (χ1) is 28.0. The van der Waals surface area contributed by atoms with Crippen LogP contribution < -0.4 is 35.5 Å². The molecule has 4 aliphatic rings. The number of nitrogens with zero attached hydrogens (tertiary/aromatic N) is 7. The molecule has 0 saturated carbocycles. The molecule has 59 heavy (non-hydrogen) atoms. The summed E-state index contributed by atoms with van der Waals surface area (Å²) in [6.07, 6.45) is 2.26. The number of carbonyl (C=O) groups excluding carboxylic acids is 4. The van der Waals surface area contributed by atoms with E-state index in [-0.39, 0.29) is 60.5 Å². The molecule has 316 valence electrons. The van der Waals surface area contributed by atoms with E-state index in [0.29, 0.717) is 62.6 Å². The van der Waals surface area contributed by atoms with Gasteiger partial charge < -0.3 is 24.8 Å². The number of aromatic nitrogens is 2. The Morgan fingerprint density at radius 1 is 1.00 bits per heavy atom. The van der Waals surface area contributed by atoms with Crippen LogP contribution in [0.4, 0.5) is 46.4 Å². The van der Waals surface area contributed by atoms with E-state index in [2.05, 4.69) is 26.0 Å². The Balaban J connectivity index is 0.906. The maximum absolute atomic E-state index is 16.1. The highest BCUT2D eigenvalue weighted by Gasteiger charge is 2.48. The van der Waals surface area contributed by atoms with Gasteiger partial charge in [0.15, 0.2) is 5.82 Å². The predicted octanol–water partition coefficient (Wildman–Crippen LogP) is 3.99. The van der Waals surface area contributed by atoms with Gasteiger partial charge in [-0.1, -0.05) is 6.07 Å². The summed E-state index contributed by atoms with van der Waals surface area (Å²) in [5, 5.41) is 7.02. The van der Waals surface area contributed by atoms with Crippen LogP contribution >= 0.6 is 0 Å². The number of carbonyl (C=O) groups is 4. The number of piperazine rings is 1. The number of imide groups is 1. The third-order valence-electron chi connectivity index (χ3n) is 11.5. The number of rotatable bonds is 10. The number of alkyl halides is 3. The van der Waals surface area contributed by atoms with Crippen LogP contribution in [0.3, 0.4) is 0 Å². The smallest absolute Gasteiger partial charge is 0.342 e. The summed E-state index contributed by atoms with van der Waals surface area (Å²) in [7, 11) is 2.68. The fourth-order valence-corrected chi connectivity index (χ4v) is 8.01. The van der Waals surface area contributed by atoms with Crippen LogP contribution in [0.1, 0.15) is 61.4 Å². The molecule has 1 atom stereocenters. The van der Waals surface area contributed by atoms with Crippen molar-refractivity contribution in [1.29, 1.82) is 0 Å². The zero-order valence-electron chi connectivity index (χ0n) is 33.4. The quantitative estimate of drug-likeness (QED) is 0.200. The highest BCUT2D eigenvalue weighted by atomic mass is 19.3. The van der Waals surface area contributed by atoms with Gasteiger partial charge in [0.2, 0.25) is 17.8 Å². The molecular formula is C40H48F4N10O5. The zero-order chi connectivity index (χ0) is 42.2. The standard InChI is InChI=1S/C40H48F4N10O5/c1-24(2)54-23-40(43,44)37(58)50(3)31-21-45-38(48-34(31)54)46-29-8-5-26(20-32(29)59-4)35(56)49-53-13-11-39(42,12-14-53)22-51-15-17-52(18-16-51)30-9-6-25(19-28(30)41)27-7-10-33(55)47-36(27)57/h5-6,8-9,19-21,24,27H,7,10-18,22-23H2,1-4H3,(H,49,56)(H,45,46,48)(H,47,55,57). The van der Waals surface area contributed by atoms with E-state index in [1.807, 2.05) is 9.80 Å². The highest BCUT2D eigenvalue weighted by molar-refractivity contribution is 6.02. The second kappa shape index (κ2) is 16.6. The molecule has 3 saturated heterocycles. The van der Waals surface area contributed by atoms with Crippen LogP contribution in [-0.4, -0.2) is 128 Å². The number of hydrogen-bond acceptors (Lipinski definition) is 12. The molecule has 1 aromatic heterocycles. The molecule has 5 heterocycles. The molecule has 3 aromatic rings. The van der Waals surface area contributed by atoms with E-state index in [9.17, 15) is 28.0 Å². The van der Waals surface area contributed by atoms with E-state index in [0.717, 1.165) is 4.90 Å². The van der Waals surface area contributed by atoms with Crippen LogP contribution in [-0.2, 0) is 14.4 Å². The average Bonchev–Trinajstić information content (AvgIpc) is 3.27. The predicted molar refractivity (Wildman–Crippen MR) is 211 cm³/mol. The van der Waals surface area contributed by atoms with Crippen molar-refractivity contribution in [2.45, 2.75) is 63.1 Å². The first-order valence-electron chi connectivity index (χ1n) is 19.6. The molecule has 3 N–H and O–H groups in total. The van der Waals surface area contributed by atoms with Gasteiger partial charge in [0.25, 0.3) is 11.8 Å². The van der Waals surface area contributed by atoms with Crippen LogP contribution in [0.2, 0.25) is 0 Å². The van der Waals surface area contributed by atoms with Crippen molar-refractivity contribution < 1.29 is 41.5 Å². The summed E-state index contributed by atoms with van der Waals surface area (Å²) in [6.45, 7) is 5.49. The fourth-order valence-electron chi connectivity index (χ4n) is 8.01. The van der Waals surface area contributed by atoms with Crippen LogP contribution in [0, 0.1) is 5.82 Å². The van der Waals surface area contributed by atoms with Gasteiger partial charge in [0, 0.05) is 70.9 Å². The van der Waals surface area contributed by atoms with Gasteiger partial charge in [0.1, 0.15) is 22.9 Å². The number of benzene rings is 2. The van der Waals surface area contributed by atoms with Crippen molar-refractivity contribution >= 4 is 52.5 Å². The van der Waals surface area contributed by atoms with E-state index in [1.165, 1.54) is 37.4 Å². The lowest BCUT2D eigenvalue weighted by Gasteiger charge is -2.42. The van der Waals surface area contributed by atoms with E-state index in [4.69, 9.17) is 4.74 Å². The summed E-state index contributed by atoms with van der Waals surface area (Å²) in [5.41, 5.74) is 3.16. The maximum Gasteiger partial charge on any atom is 0.342 e. The molecule has 7 rings (SSSR count). The van der Waals surface area contributed by atoms with Gasteiger partial charge in [-0.25, -0.2) is 18.8 Å². The largest absolute Gasteiger partial charge is 0.495 e. The Morgan fingerprint density at radius 2 is 1.73 bits per heavy atom. The van der Waals surface area contributed by atoms with Gasteiger partial charge in [-0.2, -0.15) is 13.8 Å². The first kappa shape index (κ1) is 41.6. The molecule has 15 nitrogen and oxygen atoms in total. The van der Waals surface area contributed by atoms with Gasteiger partial charge in [-0.3, -0.25) is 34.8 Å². The number of hydrazine groups is 1. The summed E-state index contributed by atoms with van der Waals surface area (Å²) in [4.78, 5) is 64.4. The third kappa shape index (κ3) is 8.90. The van der Waals surface area contributed by atoms with Crippen molar-refractivity contribution in [2.75, 3.05) is 86.5 Å². The van der Waals surface area contributed by atoms with Gasteiger partial charge in [-0.15, -0.1) is 0 Å². The van der Waals surface area contributed by atoms with Gasteiger partial charge >= 0.3 is 5.92 Å². The zero-order valence-corrected chi connectivity index (χ0v) is 33.4.